The number of hydrogen-bond acceptors (Lipinski definition) is 5. The third-order valence-electron chi connectivity index (χ3n) is 6.01. The van der Waals surface area contributed by atoms with E-state index in [4.69, 9.17) is 0 Å². The fourth-order valence-corrected chi connectivity index (χ4v) is 3.99. The Kier molecular flexibility index (Phi) is 6.91. The number of carbonyl (C=O) groups excluding carboxylic acids is 1. The van der Waals surface area contributed by atoms with Gasteiger partial charge in [0.05, 0.1) is 6.54 Å². The molecule has 174 valence electrons. The summed E-state index contributed by atoms with van der Waals surface area (Å²) < 4.78 is 1.70. The van der Waals surface area contributed by atoms with Crippen LogP contribution < -0.4 is 15.8 Å². The molecular weight excluding hydrogens is 416 g/mol. The Bertz CT molecular complexity index is 1160. The van der Waals surface area contributed by atoms with E-state index in [0.717, 1.165) is 12.0 Å². The lowest BCUT2D eigenvalue weighted by atomic mass is 10.1. The number of amides is 2. The van der Waals surface area contributed by atoms with E-state index in [9.17, 15) is 9.59 Å². The average Bonchev–Trinajstić information content (AvgIpc) is 2.82. The fourth-order valence-electron chi connectivity index (χ4n) is 3.99. The van der Waals surface area contributed by atoms with Gasteiger partial charge in [-0.05, 0) is 37.0 Å². The Morgan fingerprint density at radius 2 is 1.82 bits per heavy atom. The molecule has 8 heteroatoms. The molecule has 4 rings (SSSR count). The molecule has 0 bridgehead atoms. The van der Waals surface area contributed by atoms with Gasteiger partial charge in [0.25, 0.3) is 5.56 Å². The van der Waals surface area contributed by atoms with E-state index >= 15 is 0 Å². The van der Waals surface area contributed by atoms with Crippen LogP contribution in [0.25, 0.3) is 11.2 Å². The van der Waals surface area contributed by atoms with Crippen molar-refractivity contribution >= 4 is 23.0 Å². The number of nitrogens with one attached hydrogen (secondary N) is 1. The van der Waals surface area contributed by atoms with Crippen molar-refractivity contribution in [3.63, 3.8) is 0 Å². The fraction of sp³-hybridized carbons (Fsp3) is 0.440. The third-order valence-corrected chi connectivity index (χ3v) is 6.01. The van der Waals surface area contributed by atoms with Crippen LogP contribution in [0, 0.1) is 12.8 Å². The summed E-state index contributed by atoms with van der Waals surface area (Å²) in [6.45, 7) is 9.68. The van der Waals surface area contributed by atoms with Gasteiger partial charge < -0.3 is 15.1 Å². The maximum Gasteiger partial charge on any atom is 0.317 e. The standard InChI is InChI=1S/C25H32N6O2/c1-18(2)10-12-27-25(33)30-15-13-29(14-16-30)23-24(32)31(17-20-8-6-19(3)7-9-20)22-21(28-23)5-4-11-26-22/h4-9,11,18H,10,12-17H2,1-3H3,(H,27,33). The SMILES string of the molecule is Cc1ccc(Cn2c(=O)c(N3CCN(C(=O)NCCC(C)C)CC3)nc3cccnc32)cc1. The highest BCUT2D eigenvalue weighted by atomic mass is 16.2. The summed E-state index contributed by atoms with van der Waals surface area (Å²) in [6, 6.07) is 11.8. The lowest BCUT2D eigenvalue weighted by molar-refractivity contribution is 0.193. The second-order valence-corrected chi connectivity index (χ2v) is 9.05. The number of nitrogens with zero attached hydrogens (tertiary/aromatic N) is 5. The van der Waals surface area contributed by atoms with Gasteiger partial charge in [0.2, 0.25) is 0 Å². The first kappa shape index (κ1) is 22.8. The first-order valence-electron chi connectivity index (χ1n) is 11.6. The van der Waals surface area contributed by atoms with Crippen molar-refractivity contribution < 1.29 is 4.79 Å². The molecule has 0 atom stereocenters. The monoisotopic (exact) mass is 448 g/mol. The molecular formula is C25H32N6O2. The Balaban J connectivity index is 1.54. The minimum atomic E-state index is -0.156. The minimum Gasteiger partial charge on any atom is -0.348 e. The molecule has 0 unspecified atom stereocenters. The first-order valence-corrected chi connectivity index (χ1v) is 11.6. The minimum absolute atomic E-state index is 0.0391. The second kappa shape index (κ2) is 10.0. The summed E-state index contributed by atoms with van der Waals surface area (Å²) in [7, 11) is 0. The highest BCUT2D eigenvalue weighted by Crippen LogP contribution is 2.16. The lowest BCUT2D eigenvalue weighted by Gasteiger charge is -2.35. The molecule has 3 aromatic rings. The number of aryl methyl sites for hydroxylation is 1. The van der Waals surface area contributed by atoms with Crippen molar-refractivity contribution in [3.05, 3.63) is 64.1 Å². The molecule has 1 N–H and O–H groups in total. The zero-order chi connectivity index (χ0) is 23.4. The van der Waals surface area contributed by atoms with E-state index in [-0.39, 0.29) is 11.6 Å². The molecule has 3 heterocycles. The summed E-state index contributed by atoms with van der Waals surface area (Å²) in [5, 5.41) is 2.99. The predicted octanol–water partition coefficient (Wildman–Crippen LogP) is 3.03. The highest BCUT2D eigenvalue weighted by molar-refractivity contribution is 5.75. The van der Waals surface area contributed by atoms with Crippen LogP contribution in [0.15, 0.2) is 47.4 Å². The molecule has 0 radical (unpaired) electrons. The molecule has 1 aliphatic heterocycles. The van der Waals surface area contributed by atoms with E-state index in [1.165, 1.54) is 5.56 Å². The average molecular weight is 449 g/mol. The van der Waals surface area contributed by atoms with Gasteiger partial charge in [0.1, 0.15) is 5.52 Å². The van der Waals surface area contributed by atoms with Crippen LogP contribution in [-0.4, -0.2) is 58.2 Å². The molecule has 1 aliphatic rings. The molecule has 33 heavy (non-hydrogen) atoms. The summed E-state index contributed by atoms with van der Waals surface area (Å²) in [4.78, 5) is 38.9. The highest BCUT2D eigenvalue weighted by Gasteiger charge is 2.25. The number of anilines is 1. The van der Waals surface area contributed by atoms with Gasteiger partial charge in [-0.1, -0.05) is 43.7 Å². The number of pyridine rings is 1. The largest absolute Gasteiger partial charge is 0.348 e. The van der Waals surface area contributed by atoms with Crippen LogP contribution in [0.1, 0.15) is 31.4 Å². The number of benzene rings is 1. The molecule has 2 aromatic heterocycles. The number of hydrogen-bond donors (Lipinski definition) is 1. The summed E-state index contributed by atoms with van der Waals surface area (Å²) >= 11 is 0. The van der Waals surface area contributed by atoms with Crippen molar-refractivity contribution in [2.75, 3.05) is 37.6 Å². The predicted molar refractivity (Wildman–Crippen MR) is 131 cm³/mol. The van der Waals surface area contributed by atoms with Gasteiger partial charge in [0, 0.05) is 38.9 Å². The number of aromatic nitrogens is 3. The number of carbonyl (C=O) groups is 1. The number of piperazine rings is 1. The Labute approximate surface area is 194 Å². The van der Waals surface area contributed by atoms with Crippen LogP contribution in [0.2, 0.25) is 0 Å². The third kappa shape index (κ3) is 5.32. The molecule has 0 spiro atoms. The Morgan fingerprint density at radius 3 is 2.52 bits per heavy atom. The Hall–Kier alpha value is -3.42. The maximum absolute atomic E-state index is 13.5. The van der Waals surface area contributed by atoms with E-state index in [1.807, 2.05) is 53.1 Å². The maximum atomic E-state index is 13.5. The number of rotatable bonds is 6. The van der Waals surface area contributed by atoms with E-state index in [0.29, 0.717) is 62.2 Å². The summed E-state index contributed by atoms with van der Waals surface area (Å²) in [5.74, 6) is 0.972. The van der Waals surface area contributed by atoms with Gasteiger partial charge in [-0.15, -0.1) is 0 Å². The smallest absolute Gasteiger partial charge is 0.317 e. The van der Waals surface area contributed by atoms with Crippen molar-refractivity contribution in [1.29, 1.82) is 0 Å². The quantitative estimate of drug-likeness (QED) is 0.627. The number of urea groups is 1. The topological polar surface area (TPSA) is 83.4 Å². The Morgan fingerprint density at radius 1 is 1.09 bits per heavy atom. The van der Waals surface area contributed by atoms with Crippen LogP contribution >= 0.6 is 0 Å². The first-order chi connectivity index (χ1) is 15.9. The van der Waals surface area contributed by atoms with Gasteiger partial charge >= 0.3 is 6.03 Å². The van der Waals surface area contributed by atoms with Crippen LogP contribution in [-0.2, 0) is 6.54 Å². The van der Waals surface area contributed by atoms with Crippen molar-refractivity contribution in [1.82, 2.24) is 24.8 Å². The molecule has 1 aromatic carbocycles. The molecule has 1 saturated heterocycles. The van der Waals surface area contributed by atoms with Crippen LogP contribution in [0.5, 0.6) is 0 Å². The normalized spacial score (nSPS) is 14.2. The lowest BCUT2D eigenvalue weighted by Crippen LogP contribution is -2.53. The zero-order valence-corrected chi connectivity index (χ0v) is 19.6. The molecule has 8 nitrogen and oxygen atoms in total. The van der Waals surface area contributed by atoms with E-state index < -0.39 is 0 Å². The molecule has 2 amide bonds. The summed E-state index contributed by atoms with van der Waals surface area (Å²) in [5.41, 5.74) is 3.32. The van der Waals surface area contributed by atoms with Crippen molar-refractivity contribution in [3.8, 4) is 0 Å². The van der Waals surface area contributed by atoms with E-state index in [1.54, 1.807) is 10.8 Å². The van der Waals surface area contributed by atoms with Gasteiger partial charge in [-0.25, -0.2) is 14.8 Å². The van der Waals surface area contributed by atoms with Crippen LogP contribution in [0.3, 0.4) is 0 Å². The van der Waals surface area contributed by atoms with Crippen LogP contribution in [0.4, 0.5) is 10.6 Å². The van der Waals surface area contributed by atoms with Gasteiger partial charge in [-0.2, -0.15) is 0 Å². The molecule has 0 aliphatic carbocycles. The van der Waals surface area contributed by atoms with Gasteiger partial charge in [-0.3, -0.25) is 9.36 Å². The van der Waals surface area contributed by atoms with E-state index in [2.05, 4.69) is 29.1 Å². The molecule has 0 saturated carbocycles. The van der Waals surface area contributed by atoms with Crippen molar-refractivity contribution in [2.24, 2.45) is 5.92 Å². The van der Waals surface area contributed by atoms with Crippen molar-refractivity contribution in [2.45, 2.75) is 33.7 Å². The zero-order valence-electron chi connectivity index (χ0n) is 19.6. The second-order valence-electron chi connectivity index (χ2n) is 9.05. The molecule has 1 fully saturated rings. The summed E-state index contributed by atoms with van der Waals surface area (Å²) in [6.07, 6.45) is 2.65. The van der Waals surface area contributed by atoms with Gasteiger partial charge in [0.15, 0.2) is 11.5 Å². The number of fused-ring (bicyclic) bond motifs is 1.